The smallest absolute Gasteiger partial charge is 0.136 e. The Morgan fingerprint density at radius 3 is 1.89 bits per heavy atom. The Morgan fingerprint density at radius 2 is 1.28 bits per heavy atom. The van der Waals surface area contributed by atoms with Crippen molar-refractivity contribution in [1.29, 1.82) is 0 Å². The van der Waals surface area contributed by atoms with Crippen LogP contribution in [0.15, 0.2) is 24.3 Å². The molecule has 2 aromatic carbocycles. The summed E-state index contributed by atoms with van der Waals surface area (Å²) >= 11 is 0. The predicted molar refractivity (Wildman–Crippen MR) is 149 cm³/mol. The molecule has 1 heterocycles. The van der Waals surface area contributed by atoms with E-state index >= 15 is 0 Å². The number of benzene rings is 2. The molecule has 36 heavy (non-hydrogen) atoms. The van der Waals surface area contributed by atoms with E-state index in [0.717, 1.165) is 40.2 Å². The second kappa shape index (κ2) is 12.3. The number of phenols is 2. The molecule has 4 nitrogen and oxygen atoms in total. The standard InChI is InChI=1S/C32H48O4/c1-7-8-9-10-11-12-13-14-15-16-17-35-29-18-23(2)28(34)21-26(29)32(6)22-31(4,5)25-20-27(33)24(3)19-30(25)36-32/h18-21,33-34H,7-17,22H2,1-6H3. The zero-order chi connectivity index (χ0) is 26.3. The Labute approximate surface area is 219 Å². The van der Waals surface area contributed by atoms with E-state index in [9.17, 15) is 10.2 Å². The summed E-state index contributed by atoms with van der Waals surface area (Å²) < 4.78 is 12.9. The monoisotopic (exact) mass is 496 g/mol. The summed E-state index contributed by atoms with van der Waals surface area (Å²) in [5.41, 5.74) is 2.59. The molecule has 0 saturated heterocycles. The predicted octanol–water partition coefficient (Wildman–Crippen LogP) is 8.99. The quantitative estimate of drug-likeness (QED) is 0.272. The number of phenolic OH excluding ortho intramolecular Hbond substituents is 2. The third-order valence-electron chi connectivity index (χ3n) is 7.77. The number of aryl methyl sites for hydroxylation is 2. The highest BCUT2D eigenvalue weighted by Gasteiger charge is 2.45. The Bertz CT molecular complexity index is 1010. The van der Waals surface area contributed by atoms with E-state index in [-0.39, 0.29) is 11.2 Å². The van der Waals surface area contributed by atoms with Gasteiger partial charge in [0.2, 0.25) is 0 Å². The average molecular weight is 497 g/mol. The lowest BCUT2D eigenvalue weighted by Crippen LogP contribution is -2.42. The van der Waals surface area contributed by atoms with Crippen LogP contribution in [0.2, 0.25) is 0 Å². The maximum Gasteiger partial charge on any atom is 0.136 e. The average Bonchev–Trinajstić information content (AvgIpc) is 2.80. The Balaban J connectivity index is 1.65. The maximum absolute atomic E-state index is 10.6. The van der Waals surface area contributed by atoms with Gasteiger partial charge in [-0.15, -0.1) is 0 Å². The number of aromatic hydroxyl groups is 2. The maximum atomic E-state index is 10.6. The van der Waals surface area contributed by atoms with Crippen molar-refractivity contribution in [3.63, 3.8) is 0 Å². The van der Waals surface area contributed by atoms with E-state index in [1.54, 1.807) is 0 Å². The molecule has 1 atom stereocenters. The normalized spacial score (nSPS) is 18.5. The van der Waals surface area contributed by atoms with Gasteiger partial charge in [-0.25, -0.2) is 0 Å². The summed E-state index contributed by atoms with van der Waals surface area (Å²) in [4.78, 5) is 0. The van der Waals surface area contributed by atoms with Crippen LogP contribution in [0.3, 0.4) is 0 Å². The molecule has 2 aromatic rings. The van der Waals surface area contributed by atoms with Crippen molar-refractivity contribution in [2.75, 3.05) is 6.61 Å². The van der Waals surface area contributed by atoms with Gasteiger partial charge in [-0.3, -0.25) is 0 Å². The Morgan fingerprint density at radius 1 is 0.750 bits per heavy atom. The van der Waals surface area contributed by atoms with Gasteiger partial charge in [0.05, 0.1) is 6.61 Å². The second-order valence-electron chi connectivity index (χ2n) is 11.7. The summed E-state index contributed by atoms with van der Waals surface area (Å²) in [6.45, 7) is 13.2. The molecule has 3 rings (SSSR count). The Kier molecular flexibility index (Phi) is 9.60. The zero-order valence-corrected chi connectivity index (χ0v) is 23.5. The minimum atomic E-state index is -0.668. The molecule has 1 unspecified atom stereocenters. The molecule has 0 saturated carbocycles. The van der Waals surface area contributed by atoms with Crippen LogP contribution in [0.25, 0.3) is 0 Å². The summed E-state index contributed by atoms with van der Waals surface area (Å²) in [7, 11) is 0. The van der Waals surface area contributed by atoms with E-state index in [1.807, 2.05) is 38.1 Å². The SMILES string of the molecule is CCCCCCCCCCCCOc1cc(C)c(O)cc1C1(C)CC(C)(C)c2cc(O)c(C)cc2O1. The minimum absolute atomic E-state index is 0.220. The van der Waals surface area contributed by atoms with Crippen molar-refractivity contribution in [1.82, 2.24) is 0 Å². The first-order valence-electron chi connectivity index (χ1n) is 14.1. The van der Waals surface area contributed by atoms with Gasteiger partial charge in [0, 0.05) is 17.5 Å². The largest absolute Gasteiger partial charge is 0.508 e. The number of hydrogen-bond donors (Lipinski definition) is 2. The molecule has 4 heteroatoms. The van der Waals surface area contributed by atoms with Crippen LogP contribution in [-0.2, 0) is 11.0 Å². The van der Waals surface area contributed by atoms with Gasteiger partial charge >= 0.3 is 0 Å². The van der Waals surface area contributed by atoms with Crippen molar-refractivity contribution in [3.05, 3.63) is 46.5 Å². The van der Waals surface area contributed by atoms with Crippen molar-refractivity contribution in [3.8, 4) is 23.0 Å². The molecule has 0 aliphatic carbocycles. The molecule has 0 amide bonds. The fraction of sp³-hybridized carbons (Fsp3) is 0.625. The molecular formula is C32H48O4. The summed E-state index contributed by atoms with van der Waals surface area (Å²) in [5, 5.41) is 20.9. The highest BCUT2D eigenvalue weighted by atomic mass is 16.5. The highest BCUT2D eigenvalue weighted by molar-refractivity contribution is 5.54. The van der Waals surface area contributed by atoms with Crippen LogP contribution in [-0.4, -0.2) is 16.8 Å². The van der Waals surface area contributed by atoms with Crippen molar-refractivity contribution in [2.24, 2.45) is 0 Å². The Hall–Kier alpha value is -2.36. The van der Waals surface area contributed by atoms with Crippen molar-refractivity contribution >= 4 is 0 Å². The van der Waals surface area contributed by atoms with Gasteiger partial charge in [0.1, 0.15) is 28.6 Å². The number of fused-ring (bicyclic) bond motifs is 1. The summed E-state index contributed by atoms with van der Waals surface area (Å²) in [5.74, 6) is 2.12. The van der Waals surface area contributed by atoms with Gasteiger partial charge in [-0.1, -0.05) is 78.6 Å². The second-order valence-corrected chi connectivity index (χ2v) is 11.7. The minimum Gasteiger partial charge on any atom is -0.508 e. The number of rotatable bonds is 13. The van der Waals surface area contributed by atoms with E-state index in [2.05, 4.69) is 27.7 Å². The molecule has 0 fully saturated rings. The molecule has 0 bridgehead atoms. The zero-order valence-electron chi connectivity index (χ0n) is 23.5. The van der Waals surface area contributed by atoms with E-state index < -0.39 is 5.60 Å². The molecule has 0 aromatic heterocycles. The van der Waals surface area contributed by atoms with Crippen LogP contribution in [0.5, 0.6) is 23.0 Å². The van der Waals surface area contributed by atoms with E-state index in [1.165, 1.54) is 57.8 Å². The molecular weight excluding hydrogens is 448 g/mol. The highest BCUT2D eigenvalue weighted by Crippen LogP contribution is 2.52. The van der Waals surface area contributed by atoms with Crippen LogP contribution < -0.4 is 9.47 Å². The molecule has 200 valence electrons. The molecule has 1 aliphatic heterocycles. The summed E-state index contributed by atoms with van der Waals surface area (Å²) in [6.07, 6.45) is 13.6. The third kappa shape index (κ3) is 6.89. The molecule has 1 aliphatic rings. The van der Waals surface area contributed by atoms with Crippen molar-refractivity contribution < 1.29 is 19.7 Å². The first kappa shape index (κ1) is 28.2. The van der Waals surface area contributed by atoms with Crippen LogP contribution in [0.1, 0.15) is 121 Å². The lowest BCUT2D eigenvalue weighted by Gasteiger charge is -2.45. The first-order valence-corrected chi connectivity index (χ1v) is 14.1. The van der Waals surface area contributed by atoms with Crippen LogP contribution in [0.4, 0.5) is 0 Å². The topological polar surface area (TPSA) is 58.9 Å². The van der Waals surface area contributed by atoms with Gasteiger partial charge in [-0.2, -0.15) is 0 Å². The molecule has 2 N–H and O–H groups in total. The fourth-order valence-corrected chi connectivity index (χ4v) is 5.63. The number of hydrogen-bond acceptors (Lipinski definition) is 4. The first-order chi connectivity index (χ1) is 17.1. The van der Waals surface area contributed by atoms with Gasteiger partial charge in [-0.05, 0) is 68.0 Å². The van der Waals surface area contributed by atoms with Gasteiger partial charge in [0.15, 0.2) is 0 Å². The fourth-order valence-electron chi connectivity index (χ4n) is 5.63. The van der Waals surface area contributed by atoms with Crippen molar-refractivity contribution in [2.45, 2.75) is 123 Å². The molecule has 0 spiro atoms. The van der Waals surface area contributed by atoms with Gasteiger partial charge < -0.3 is 19.7 Å². The lowest BCUT2D eigenvalue weighted by atomic mass is 9.70. The van der Waals surface area contributed by atoms with E-state index in [4.69, 9.17) is 9.47 Å². The number of ether oxygens (including phenoxy) is 2. The van der Waals surface area contributed by atoms with Gasteiger partial charge in [0.25, 0.3) is 0 Å². The van der Waals surface area contributed by atoms with Crippen LogP contribution >= 0.6 is 0 Å². The van der Waals surface area contributed by atoms with E-state index in [0.29, 0.717) is 18.8 Å². The van der Waals surface area contributed by atoms with Crippen LogP contribution in [0, 0.1) is 13.8 Å². The lowest BCUT2D eigenvalue weighted by molar-refractivity contribution is 0.0293. The molecule has 0 radical (unpaired) electrons. The number of unbranched alkanes of at least 4 members (excludes halogenated alkanes) is 9. The summed E-state index contributed by atoms with van der Waals surface area (Å²) in [6, 6.07) is 7.51. The third-order valence-corrected chi connectivity index (χ3v) is 7.77.